The van der Waals surface area contributed by atoms with Crippen LogP contribution in [0.15, 0.2) is 24.5 Å². The highest BCUT2D eigenvalue weighted by Crippen LogP contribution is 2.43. The fourth-order valence-corrected chi connectivity index (χ4v) is 7.35. The average Bonchev–Trinajstić information content (AvgIpc) is 3.51. The Balaban J connectivity index is 1.71. The van der Waals surface area contributed by atoms with Crippen LogP contribution in [0.3, 0.4) is 0 Å². The van der Waals surface area contributed by atoms with E-state index in [0.29, 0.717) is 19.3 Å². The Kier molecular flexibility index (Phi) is 7.43. The van der Waals surface area contributed by atoms with Crippen molar-refractivity contribution in [3.8, 4) is 11.3 Å². The minimum Gasteiger partial charge on any atom is -0.360 e. The Morgan fingerprint density at radius 3 is 2.54 bits per heavy atom. The van der Waals surface area contributed by atoms with Crippen LogP contribution in [0.5, 0.6) is 0 Å². The summed E-state index contributed by atoms with van der Waals surface area (Å²) >= 11 is 0. The largest absolute Gasteiger partial charge is 0.419 e. The van der Waals surface area contributed by atoms with E-state index in [-0.39, 0.29) is 57.6 Å². The molecule has 4 heterocycles. The topological polar surface area (TPSA) is 94.2 Å². The first-order chi connectivity index (χ1) is 19.0. The molecule has 2 N–H and O–H groups in total. The number of H-pyrrole nitrogens is 1. The molecule has 0 unspecified atom stereocenters. The van der Waals surface area contributed by atoms with Gasteiger partial charge in [0, 0.05) is 60.7 Å². The van der Waals surface area contributed by atoms with Crippen molar-refractivity contribution in [3.05, 3.63) is 35.7 Å². The number of rotatable bonds is 1. The molecular weight excluding hydrogens is 566 g/mol. The third-order valence-electron chi connectivity index (χ3n) is 7.95. The number of amides is 1. The monoisotopic (exact) mass is 598 g/mol. The Bertz CT molecular complexity index is 1530. The molecular formula is C27H32F5N6O2P. The van der Waals surface area contributed by atoms with Crippen molar-refractivity contribution in [2.75, 3.05) is 45.8 Å². The van der Waals surface area contributed by atoms with Crippen LogP contribution in [-0.4, -0.2) is 89.2 Å². The van der Waals surface area contributed by atoms with E-state index >= 15 is 8.78 Å². The maximum atomic E-state index is 15.1. The van der Waals surface area contributed by atoms with Crippen molar-refractivity contribution >= 4 is 35.2 Å². The summed E-state index contributed by atoms with van der Waals surface area (Å²) in [6.45, 7) is 2.09. The molecule has 2 aliphatic heterocycles. The number of hydrogen-bond acceptors (Lipinski definition) is 6. The minimum atomic E-state index is -4.76. The first-order valence-electron chi connectivity index (χ1n) is 13.3. The van der Waals surface area contributed by atoms with Gasteiger partial charge in [-0.15, -0.1) is 0 Å². The second-order valence-electron chi connectivity index (χ2n) is 11.4. The summed E-state index contributed by atoms with van der Waals surface area (Å²) in [6.07, 6.45) is -1.18. The molecule has 3 aromatic rings. The third-order valence-corrected chi connectivity index (χ3v) is 9.50. The Morgan fingerprint density at radius 1 is 1.12 bits per heavy atom. The lowest BCUT2D eigenvalue weighted by molar-refractivity contribution is -0.137. The van der Waals surface area contributed by atoms with E-state index in [0.717, 1.165) is 11.1 Å². The maximum absolute atomic E-state index is 15.1. The number of carbonyl (C=O) groups excluding carboxylic acids is 1. The number of hydrogen-bond donors (Lipinski definition) is 2. The summed E-state index contributed by atoms with van der Waals surface area (Å²) in [4.78, 5) is 27.4. The smallest absolute Gasteiger partial charge is 0.360 e. The molecule has 2 atom stereocenters. The highest BCUT2D eigenvalue weighted by atomic mass is 31.2. The number of nitrogens with one attached hydrogen (secondary N) is 2. The summed E-state index contributed by atoms with van der Waals surface area (Å²) < 4.78 is 85.9. The lowest BCUT2D eigenvalue weighted by Crippen LogP contribution is -2.42. The van der Waals surface area contributed by atoms with Crippen LogP contribution in [0.2, 0.25) is 0 Å². The molecule has 222 valence electrons. The highest BCUT2D eigenvalue weighted by Gasteiger charge is 2.39. The first kappa shape index (κ1) is 29.4. The quantitative estimate of drug-likeness (QED) is 0.293. The van der Waals surface area contributed by atoms with Crippen LogP contribution in [-0.2, 0) is 10.7 Å². The molecule has 1 saturated carbocycles. The lowest BCUT2D eigenvalue weighted by atomic mass is 10.0. The third kappa shape index (κ3) is 5.83. The summed E-state index contributed by atoms with van der Waals surface area (Å²) in [7, 11) is -0.230. The molecule has 3 aliphatic rings. The van der Waals surface area contributed by atoms with Crippen LogP contribution in [0.4, 0.5) is 27.9 Å². The van der Waals surface area contributed by atoms with Gasteiger partial charge < -0.3 is 24.7 Å². The van der Waals surface area contributed by atoms with Crippen molar-refractivity contribution in [2.24, 2.45) is 0 Å². The number of fused-ring (bicyclic) bond motifs is 7. The zero-order valence-electron chi connectivity index (χ0n) is 23.1. The molecule has 1 aromatic carbocycles. The van der Waals surface area contributed by atoms with E-state index in [1.54, 1.807) is 7.05 Å². The highest BCUT2D eigenvalue weighted by molar-refractivity contribution is 7.70. The van der Waals surface area contributed by atoms with Crippen molar-refractivity contribution in [3.63, 3.8) is 0 Å². The molecule has 0 spiro atoms. The number of aromatic nitrogens is 3. The number of alkyl halides is 5. The van der Waals surface area contributed by atoms with Gasteiger partial charge in [0.25, 0.3) is 11.8 Å². The standard InChI is InChI=1S/C27H32F5N6O2P/c1-37-10-9-26(28,29)14-38(2)24(39)18-8-7-17-19(12-33-22(17)23(18)41(3,4)40)21-20(27(30,31)32)13-34-25(36-21)35-15-5-6-16(37)11-15/h7-8,12-13,15-16,33H,5-6,9-11,14H2,1-4H3,(H,34,35,36)/t15-,16-/m1/s1. The fraction of sp³-hybridized carbons (Fsp3) is 0.519. The normalized spacial score (nSPS) is 22.6. The molecule has 41 heavy (non-hydrogen) atoms. The first-order valence-corrected chi connectivity index (χ1v) is 15.9. The SMILES string of the molecule is CN1CC(F)(F)CCN(C)[C@@H]2CC[C@H](C2)Nc2ncc(C(F)(F)F)c(n2)-c2c[nH]c3c(P(C)(C)=O)c(ccc23)C1=O. The number of benzene rings is 1. The van der Waals surface area contributed by atoms with Gasteiger partial charge in [0.15, 0.2) is 0 Å². The van der Waals surface area contributed by atoms with Crippen LogP contribution >= 0.6 is 7.14 Å². The van der Waals surface area contributed by atoms with Gasteiger partial charge >= 0.3 is 6.18 Å². The average molecular weight is 599 g/mol. The molecule has 0 radical (unpaired) electrons. The molecule has 8 nitrogen and oxygen atoms in total. The van der Waals surface area contributed by atoms with E-state index in [9.17, 15) is 22.5 Å². The fourth-order valence-electron chi connectivity index (χ4n) is 5.87. The second-order valence-corrected chi connectivity index (χ2v) is 14.6. The number of carbonyl (C=O) groups is 1. The van der Waals surface area contributed by atoms with Crippen LogP contribution in [0, 0.1) is 0 Å². The molecule has 14 heteroatoms. The van der Waals surface area contributed by atoms with Gasteiger partial charge in [-0.2, -0.15) is 13.2 Å². The minimum absolute atomic E-state index is 0.0101. The van der Waals surface area contributed by atoms with Gasteiger partial charge in [-0.3, -0.25) is 4.79 Å². The van der Waals surface area contributed by atoms with Gasteiger partial charge in [-0.25, -0.2) is 18.7 Å². The van der Waals surface area contributed by atoms with Gasteiger partial charge in [0.2, 0.25) is 5.95 Å². The van der Waals surface area contributed by atoms with Gasteiger partial charge in [-0.1, -0.05) is 6.07 Å². The zero-order chi connectivity index (χ0) is 29.9. The van der Waals surface area contributed by atoms with Crippen LogP contribution < -0.4 is 10.6 Å². The van der Waals surface area contributed by atoms with Crippen LogP contribution in [0.1, 0.15) is 41.6 Å². The molecule has 0 saturated heterocycles. The van der Waals surface area contributed by atoms with Crippen molar-refractivity contribution < 1.29 is 31.3 Å². The maximum Gasteiger partial charge on any atom is 0.419 e. The van der Waals surface area contributed by atoms with Gasteiger partial charge in [0.1, 0.15) is 12.7 Å². The van der Waals surface area contributed by atoms with Crippen molar-refractivity contribution in [2.45, 2.75) is 49.9 Å². The van der Waals surface area contributed by atoms with E-state index in [2.05, 4.69) is 20.3 Å². The molecule has 1 aliphatic carbocycles. The summed E-state index contributed by atoms with van der Waals surface area (Å²) in [5.41, 5.74) is -1.17. The van der Waals surface area contributed by atoms with E-state index < -0.39 is 43.7 Å². The van der Waals surface area contributed by atoms with E-state index in [4.69, 9.17) is 0 Å². The summed E-state index contributed by atoms with van der Waals surface area (Å²) in [5, 5.41) is 3.48. The van der Waals surface area contributed by atoms with E-state index in [1.165, 1.54) is 38.7 Å². The summed E-state index contributed by atoms with van der Waals surface area (Å²) in [6, 6.07) is 2.60. The molecule has 1 fully saturated rings. The number of anilines is 1. The zero-order valence-corrected chi connectivity index (χ0v) is 24.0. The molecule has 1 amide bonds. The number of aromatic amines is 1. The van der Waals surface area contributed by atoms with E-state index in [1.807, 2.05) is 4.90 Å². The second kappa shape index (κ2) is 10.3. The Morgan fingerprint density at radius 2 is 1.85 bits per heavy atom. The summed E-state index contributed by atoms with van der Waals surface area (Å²) in [5.74, 6) is -3.91. The van der Waals surface area contributed by atoms with Crippen molar-refractivity contribution in [1.29, 1.82) is 0 Å². The van der Waals surface area contributed by atoms with Gasteiger partial charge in [-0.05, 0) is 45.7 Å². The lowest BCUT2D eigenvalue weighted by Gasteiger charge is -2.29. The Hall–Kier alpha value is -3.05. The predicted molar refractivity (Wildman–Crippen MR) is 148 cm³/mol. The molecule has 2 aromatic heterocycles. The van der Waals surface area contributed by atoms with Crippen LogP contribution in [0.25, 0.3) is 22.2 Å². The van der Waals surface area contributed by atoms with Crippen molar-refractivity contribution in [1.82, 2.24) is 24.8 Å². The number of nitrogens with zero attached hydrogens (tertiary/aromatic N) is 4. The predicted octanol–water partition coefficient (Wildman–Crippen LogP) is 5.27. The molecule has 8 bridgehead atoms. The molecule has 6 rings (SSSR count). The Labute approximate surface area is 234 Å². The number of halogens is 5. The van der Waals surface area contributed by atoms with Gasteiger partial charge in [0.05, 0.1) is 23.3 Å².